The SMILES string of the molecule is Cc1cc(C)c(CCC2(Cn3ccnc3)OCCO2)cc1C. The number of imidazole rings is 1. The maximum atomic E-state index is 5.96. The average Bonchev–Trinajstić information content (AvgIpc) is 3.14. The van der Waals surface area contributed by atoms with Gasteiger partial charge in [-0.1, -0.05) is 12.1 Å². The van der Waals surface area contributed by atoms with E-state index in [-0.39, 0.29) is 0 Å². The van der Waals surface area contributed by atoms with E-state index in [9.17, 15) is 0 Å². The van der Waals surface area contributed by atoms with Gasteiger partial charge in [0.15, 0.2) is 5.79 Å². The van der Waals surface area contributed by atoms with Crippen LogP contribution in [0.25, 0.3) is 0 Å². The molecule has 0 aliphatic carbocycles. The van der Waals surface area contributed by atoms with Crippen LogP contribution in [-0.4, -0.2) is 28.6 Å². The van der Waals surface area contributed by atoms with Gasteiger partial charge in [-0.2, -0.15) is 0 Å². The highest BCUT2D eigenvalue weighted by atomic mass is 16.7. The zero-order valence-electron chi connectivity index (χ0n) is 13.6. The van der Waals surface area contributed by atoms with Crippen molar-refractivity contribution in [3.05, 3.63) is 53.1 Å². The molecule has 0 bridgehead atoms. The van der Waals surface area contributed by atoms with Crippen LogP contribution in [0.15, 0.2) is 30.9 Å². The number of hydrogen-bond donors (Lipinski definition) is 0. The van der Waals surface area contributed by atoms with Crippen LogP contribution in [0.2, 0.25) is 0 Å². The van der Waals surface area contributed by atoms with Gasteiger partial charge in [-0.05, 0) is 49.4 Å². The molecule has 1 aliphatic rings. The first-order chi connectivity index (χ1) is 10.6. The van der Waals surface area contributed by atoms with Crippen molar-refractivity contribution in [2.75, 3.05) is 13.2 Å². The minimum Gasteiger partial charge on any atom is -0.346 e. The molecule has 0 unspecified atom stereocenters. The standard InChI is InChI=1S/C18H24N2O2/c1-14-10-16(3)17(11-15(14)2)4-5-18(21-8-9-22-18)12-20-7-6-19-13-20/h6-7,10-11,13H,4-5,8-9,12H2,1-3H3. The van der Waals surface area contributed by atoms with E-state index in [0.29, 0.717) is 19.8 Å². The van der Waals surface area contributed by atoms with Crippen molar-refractivity contribution < 1.29 is 9.47 Å². The van der Waals surface area contributed by atoms with Gasteiger partial charge in [0.05, 0.1) is 26.1 Å². The van der Waals surface area contributed by atoms with Crippen LogP contribution in [-0.2, 0) is 22.4 Å². The molecule has 0 amide bonds. The quantitative estimate of drug-likeness (QED) is 0.851. The third kappa shape index (κ3) is 3.23. The molecule has 22 heavy (non-hydrogen) atoms. The van der Waals surface area contributed by atoms with Gasteiger partial charge in [-0.25, -0.2) is 4.98 Å². The monoisotopic (exact) mass is 300 g/mol. The maximum absolute atomic E-state index is 5.96. The summed E-state index contributed by atoms with van der Waals surface area (Å²) in [5.41, 5.74) is 5.42. The molecule has 1 aromatic carbocycles. The van der Waals surface area contributed by atoms with Crippen LogP contribution >= 0.6 is 0 Å². The Bertz CT molecular complexity index is 629. The lowest BCUT2D eigenvalue weighted by atomic mass is 9.96. The smallest absolute Gasteiger partial charge is 0.186 e. The maximum Gasteiger partial charge on any atom is 0.186 e. The number of benzene rings is 1. The first kappa shape index (κ1) is 15.3. The summed E-state index contributed by atoms with van der Waals surface area (Å²) in [4.78, 5) is 4.10. The van der Waals surface area contributed by atoms with Crippen molar-refractivity contribution in [2.24, 2.45) is 0 Å². The third-order valence-corrected chi connectivity index (χ3v) is 4.52. The molecule has 0 radical (unpaired) electrons. The molecule has 3 rings (SSSR count). The molecule has 4 heteroatoms. The summed E-state index contributed by atoms with van der Waals surface area (Å²) in [7, 11) is 0. The minimum atomic E-state index is -0.522. The number of aromatic nitrogens is 2. The summed E-state index contributed by atoms with van der Waals surface area (Å²) in [5, 5.41) is 0. The zero-order chi connectivity index (χ0) is 15.6. The Hall–Kier alpha value is -1.65. The third-order valence-electron chi connectivity index (χ3n) is 4.52. The van der Waals surface area contributed by atoms with Crippen LogP contribution in [0, 0.1) is 20.8 Å². The molecule has 0 saturated carbocycles. The fourth-order valence-corrected chi connectivity index (χ4v) is 3.08. The molecular formula is C18H24N2O2. The molecular weight excluding hydrogens is 276 g/mol. The number of hydrogen-bond acceptors (Lipinski definition) is 3. The Labute approximate surface area is 132 Å². The highest BCUT2D eigenvalue weighted by Crippen LogP contribution is 2.28. The second-order valence-corrected chi connectivity index (χ2v) is 6.21. The van der Waals surface area contributed by atoms with E-state index in [4.69, 9.17) is 9.47 Å². The Morgan fingerprint density at radius 1 is 1.09 bits per heavy atom. The first-order valence-electron chi connectivity index (χ1n) is 7.88. The molecule has 1 aromatic heterocycles. The van der Waals surface area contributed by atoms with Crippen molar-refractivity contribution in [1.82, 2.24) is 9.55 Å². The van der Waals surface area contributed by atoms with Crippen molar-refractivity contribution in [2.45, 2.75) is 45.9 Å². The predicted molar refractivity (Wildman–Crippen MR) is 85.8 cm³/mol. The molecule has 2 aromatic rings. The first-order valence-corrected chi connectivity index (χ1v) is 7.88. The largest absolute Gasteiger partial charge is 0.346 e. The summed E-state index contributed by atoms with van der Waals surface area (Å²) in [5.74, 6) is -0.522. The van der Waals surface area contributed by atoms with Gasteiger partial charge in [-0.3, -0.25) is 0 Å². The van der Waals surface area contributed by atoms with Gasteiger partial charge in [-0.15, -0.1) is 0 Å². The van der Waals surface area contributed by atoms with Crippen molar-refractivity contribution >= 4 is 0 Å². The molecule has 1 saturated heterocycles. The molecule has 0 spiro atoms. The lowest BCUT2D eigenvalue weighted by Crippen LogP contribution is -2.36. The normalized spacial score (nSPS) is 17.0. The second kappa shape index (κ2) is 6.23. The average molecular weight is 300 g/mol. The van der Waals surface area contributed by atoms with E-state index < -0.39 is 5.79 Å². The van der Waals surface area contributed by atoms with E-state index in [1.807, 2.05) is 17.1 Å². The fraction of sp³-hybridized carbons (Fsp3) is 0.500. The van der Waals surface area contributed by atoms with Crippen LogP contribution < -0.4 is 0 Å². The molecule has 1 aliphatic heterocycles. The highest BCUT2D eigenvalue weighted by molar-refractivity contribution is 5.36. The van der Waals surface area contributed by atoms with E-state index in [2.05, 4.69) is 37.9 Å². The van der Waals surface area contributed by atoms with Crippen molar-refractivity contribution in [3.63, 3.8) is 0 Å². The number of nitrogens with zero attached hydrogens (tertiary/aromatic N) is 2. The molecule has 4 nitrogen and oxygen atoms in total. The highest BCUT2D eigenvalue weighted by Gasteiger charge is 2.36. The Morgan fingerprint density at radius 2 is 1.82 bits per heavy atom. The van der Waals surface area contributed by atoms with Gasteiger partial charge in [0.2, 0.25) is 0 Å². The zero-order valence-corrected chi connectivity index (χ0v) is 13.6. The van der Waals surface area contributed by atoms with Crippen molar-refractivity contribution in [3.8, 4) is 0 Å². The summed E-state index contributed by atoms with van der Waals surface area (Å²) in [6.07, 6.45) is 7.37. The van der Waals surface area contributed by atoms with Gasteiger partial charge in [0, 0.05) is 18.8 Å². The van der Waals surface area contributed by atoms with Gasteiger partial charge in [0.1, 0.15) is 0 Å². The lowest BCUT2D eigenvalue weighted by Gasteiger charge is -2.28. The molecule has 1 fully saturated rings. The summed E-state index contributed by atoms with van der Waals surface area (Å²) < 4.78 is 13.9. The van der Waals surface area contributed by atoms with Crippen LogP contribution in [0.3, 0.4) is 0 Å². The van der Waals surface area contributed by atoms with Crippen LogP contribution in [0.5, 0.6) is 0 Å². The number of rotatable bonds is 5. The molecule has 2 heterocycles. The number of ether oxygens (including phenoxy) is 2. The molecule has 0 N–H and O–H groups in total. The lowest BCUT2D eigenvalue weighted by molar-refractivity contribution is -0.171. The van der Waals surface area contributed by atoms with Crippen LogP contribution in [0.1, 0.15) is 28.7 Å². The van der Waals surface area contributed by atoms with E-state index in [0.717, 1.165) is 12.8 Å². The summed E-state index contributed by atoms with van der Waals surface area (Å²) in [6.45, 7) is 8.54. The second-order valence-electron chi connectivity index (χ2n) is 6.21. The molecule has 0 atom stereocenters. The Balaban J connectivity index is 1.73. The van der Waals surface area contributed by atoms with Crippen LogP contribution in [0.4, 0.5) is 0 Å². The van der Waals surface area contributed by atoms with E-state index in [1.54, 1.807) is 6.20 Å². The Morgan fingerprint density at radius 3 is 2.50 bits per heavy atom. The number of aryl methyl sites for hydroxylation is 4. The fourth-order valence-electron chi connectivity index (χ4n) is 3.08. The summed E-state index contributed by atoms with van der Waals surface area (Å²) >= 11 is 0. The van der Waals surface area contributed by atoms with Gasteiger partial charge in [0.25, 0.3) is 0 Å². The van der Waals surface area contributed by atoms with Gasteiger partial charge < -0.3 is 14.0 Å². The van der Waals surface area contributed by atoms with Crippen molar-refractivity contribution in [1.29, 1.82) is 0 Å². The Kier molecular flexibility index (Phi) is 4.32. The topological polar surface area (TPSA) is 36.3 Å². The molecule has 118 valence electrons. The minimum absolute atomic E-state index is 0.522. The van der Waals surface area contributed by atoms with Gasteiger partial charge >= 0.3 is 0 Å². The summed E-state index contributed by atoms with van der Waals surface area (Å²) in [6, 6.07) is 4.56. The predicted octanol–water partition coefficient (Wildman–Crippen LogP) is 3.18. The van der Waals surface area contributed by atoms with E-state index >= 15 is 0 Å². The van der Waals surface area contributed by atoms with E-state index in [1.165, 1.54) is 22.3 Å².